The Kier molecular flexibility index (Phi) is 7.38. The number of nitrogens with one attached hydrogen (secondary N) is 2. The second-order valence-corrected chi connectivity index (χ2v) is 8.17. The number of guanidine groups is 1. The summed E-state index contributed by atoms with van der Waals surface area (Å²) in [4.78, 5) is 31.8. The first-order chi connectivity index (χ1) is 14.4. The number of thioether (sulfide) groups is 1. The fraction of sp³-hybridized carbons (Fsp3) is 0.278. The summed E-state index contributed by atoms with van der Waals surface area (Å²) < 4.78 is 0. The van der Waals surface area contributed by atoms with E-state index < -0.39 is 11.7 Å². The Hall–Kier alpha value is -2.96. The minimum absolute atomic E-state index is 0.00243. The number of nitrogens with two attached hydrogens (primary N) is 2. The summed E-state index contributed by atoms with van der Waals surface area (Å²) >= 11 is 2.98. The summed E-state index contributed by atoms with van der Waals surface area (Å²) in [6, 6.07) is 3.50. The van der Waals surface area contributed by atoms with Gasteiger partial charge in [0.05, 0.1) is 16.8 Å². The van der Waals surface area contributed by atoms with Gasteiger partial charge in [0.25, 0.3) is 5.56 Å². The van der Waals surface area contributed by atoms with E-state index in [0.29, 0.717) is 23.8 Å². The summed E-state index contributed by atoms with van der Waals surface area (Å²) in [6.45, 7) is 2.36. The summed E-state index contributed by atoms with van der Waals surface area (Å²) in [6.07, 6.45) is 1.89. The molecule has 0 saturated carbocycles. The highest BCUT2D eigenvalue weighted by atomic mass is 32.2. The van der Waals surface area contributed by atoms with Crippen LogP contribution >= 0.6 is 23.1 Å². The summed E-state index contributed by atoms with van der Waals surface area (Å²) in [5, 5.41) is 15.1. The van der Waals surface area contributed by atoms with E-state index in [1.165, 1.54) is 35.5 Å². The molecule has 0 aliphatic rings. The zero-order valence-electron chi connectivity index (χ0n) is 16.1. The molecule has 10 nitrogen and oxygen atoms in total. The van der Waals surface area contributed by atoms with Crippen LogP contribution in [0.25, 0.3) is 0 Å². The summed E-state index contributed by atoms with van der Waals surface area (Å²) in [5.41, 5.74) is 14.5. The van der Waals surface area contributed by atoms with Crippen LogP contribution in [-0.2, 0) is 0 Å². The molecule has 12 heteroatoms. The molecule has 0 aliphatic heterocycles. The average Bonchev–Trinajstić information content (AvgIpc) is 3.25. The predicted molar refractivity (Wildman–Crippen MR) is 120 cm³/mol. The molecule has 158 valence electrons. The molecule has 2 atom stereocenters. The average molecular weight is 447 g/mol. The van der Waals surface area contributed by atoms with Crippen LogP contribution in [0.1, 0.15) is 34.0 Å². The molecule has 0 bridgehead atoms. The number of pyridine rings is 1. The van der Waals surface area contributed by atoms with E-state index in [1.807, 2.05) is 12.3 Å². The van der Waals surface area contributed by atoms with Gasteiger partial charge in [-0.15, -0.1) is 23.1 Å². The Labute approximate surface area is 180 Å². The normalized spacial score (nSPS) is 12.9. The molecule has 0 aromatic carbocycles. The maximum Gasteiger partial charge on any atom is 0.280 e. The lowest BCUT2D eigenvalue weighted by Crippen LogP contribution is -2.23. The second kappa shape index (κ2) is 10.2. The smallest absolute Gasteiger partial charge is 0.280 e. The number of rotatable bonds is 9. The number of anilines is 1. The molecule has 3 heterocycles. The van der Waals surface area contributed by atoms with E-state index >= 15 is 0 Å². The first-order valence-electron chi connectivity index (χ1n) is 8.96. The molecule has 0 radical (unpaired) electrons. The molecule has 3 aromatic heterocycles. The third-order valence-electron chi connectivity index (χ3n) is 4.01. The van der Waals surface area contributed by atoms with Gasteiger partial charge in [-0.25, -0.2) is 9.98 Å². The van der Waals surface area contributed by atoms with Crippen LogP contribution in [0.4, 0.5) is 5.95 Å². The van der Waals surface area contributed by atoms with Crippen molar-refractivity contribution in [2.45, 2.75) is 18.4 Å². The largest absolute Gasteiger partial charge is 0.383 e. The van der Waals surface area contributed by atoms with Crippen LogP contribution < -0.4 is 22.3 Å². The summed E-state index contributed by atoms with van der Waals surface area (Å²) in [5.74, 6) is 0.949. The number of aromatic amines is 1. The number of H-pyrrole nitrogens is 1. The zero-order valence-corrected chi connectivity index (χ0v) is 17.8. The van der Waals surface area contributed by atoms with Crippen LogP contribution in [0.5, 0.6) is 0 Å². The molecule has 0 fully saturated rings. The molecule has 0 saturated heterocycles. The fourth-order valence-corrected chi connectivity index (χ4v) is 4.12. The monoisotopic (exact) mass is 446 g/mol. The second-order valence-electron chi connectivity index (χ2n) is 6.26. The molecular formula is C18H22N8O2S2. The molecule has 0 amide bonds. The number of hydrogen-bond donors (Lipinski definition) is 5. The minimum atomic E-state index is -1.10. The van der Waals surface area contributed by atoms with Gasteiger partial charge in [-0.2, -0.15) is 4.98 Å². The van der Waals surface area contributed by atoms with Gasteiger partial charge in [-0.1, -0.05) is 6.07 Å². The molecule has 30 heavy (non-hydrogen) atoms. The highest BCUT2D eigenvalue weighted by Gasteiger charge is 2.16. The Balaban J connectivity index is 1.57. The van der Waals surface area contributed by atoms with Gasteiger partial charge >= 0.3 is 0 Å². The topological polar surface area (TPSA) is 168 Å². The van der Waals surface area contributed by atoms with Gasteiger partial charge in [0.15, 0.2) is 5.96 Å². The van der Waals surface area contributed by atoms with Crippen LogP contribution in [-0.4, -0.2) is 43.3 Å². The third kappa shape index (κ3) is 5.78. The van der Waals surface area contributed by atoms with Crippen molar-refractivity contribution in [3.63, 3.8) is 0 Å². The van der Waals surface area contributed by atoms with Gasteiger partial charge in [0.1, 0.15) is 11.5 Å². The van der Waals surface area contributed by atoms with Gasteiger partial charge in [-0.3, -0.25) is 9.78 Å². The minimum Gasteiger partial charge on any atom is -0.383 e. The molecule has 3 rings (SSSR count). The van der Waals surface area contributed by atoms with Crippen molar-refractivity contribution in [3.8, 4) is 0 Å². The number of aliphatic hydroxyl groups is 1. The van der Waals surface area contributed by atoms with Gasteiger partial charge in [0.2, 0.25) is 5.95 Å². The third-order valence-corrected chi connectivity index (χ3v) is 5.72. The van der Waals surface area contributed by atoms with Crippen LogP contribution in [0.2, 0.25) is 0 Å². The van der Waals surface area contributed by atoms with Crippen LogP contribution in [0, 0.1) is 6.92 Å². The Bertz CT molecular complexity index is 1030. The zero-order chi connectivity index (χ0) is 21.5. The van der Waals surface area contributed by atoms with Gasteiger partial charge in [-0.05, 0) is 13.0 Å². The number of aliphatic hydroxyl groups excluding tert-OH is 1. The van der Waals surface area contributed by atoms with E-state index in [2.05, 4.69) is 30.2 Å². The molecule has 2 unspecified atom stereocenters. The highest BCUT2D eigenvalue weighted by molar-refractivity contribution is 7.99. The number of aromatic nitrogens is 4. The number of thiazole rings is 1. The Morgan fingerprint density at radius 1 is 1.40 bits per heavy atom. The van der Waals surface area contributed by atoms with Gasteiger partial charge < -0.3 is 26.9 Å². The van der Waals surface area contributed by atoms with E-state index in [-0.39, 0.29) is 16.9 Å². The fourth-order valence-electron chi connectivity index (χ4n) is 2.52. The van der Waals surface area contributed by atoms with Crippen molar-refractivity contribution in [2.24, 2.45) is 16.5 Å². The van der Waals surface area contributed by atoms with E-state index in [0.717, 1.165) is 11.4 Å². The van der Waals surface area contributed by atoms with Crippen molar-refractivity contribution < 1.29 is 5.11 Å². The first kappa shape index (κ1) is 21.7. The molecule has 0 aliphatic carbocycles. The number of aliphatic imine (C=N–C) groups is 1. The summed E-state index contributed by atoms with van der Waals surface area (Å²) in [7, 11) is 0. The lowest BCUT2D eigenvalue weighted by Gasteiger charge is -2.12. The van der Waals surface area contributed by atoms with Crippen molar-refractivity contribution in [1.29, 1.82) is 0 Å². The lowest BCUT2D eigenvalue weighted by atomic mass is 10.1. The molecule has 0 spiro atoms. The standard InChI is InChI=1S/C18H22N8O2S2/c1-10-2-3-11(6-22-10)14(27)12-7-23-18(25-15(12)28)21-4-5-30-16(26-17(19)20)13-8-29-9-24-13/h2-3,6-9,14,16,27H,4-5H2,1H3,(H4,19,20,26)(H2,21,23,25,28). The number of hydrogen-bond acceptors (Lipinski definition) is 9. The SMILES string of the molecule is Cc1ccc(C(O)c2c[nH]c(NCCSC(N=C(N)N)c3cscn3)nc2=O)cn1. The van der Waals surface area contributed by atoms with Crippen molar-refractivity contribution >= 4 is 35.0 Å². The number of aryl methyl sites for hydroxylation is 1. The lowest BCUT2D eigenvalue weighted by molar-refractivity contribution is 0.217. The van der Waals surface area contributed by atoms with E-state index in [1.54, 1.807) is 17.6 Å². The molecular weight excluding hydrogens is 424 g/mol. The van der Waals surface area contributed by atoms with E-state index in [9.17, 15) is 9.90 Å². The number of nitrogens with zero attached hydrogens (tertiary/aromatic N) is 4. The Morgan fingerprint density at radius 3 is 2.87 bits per heavy atom. The first-order valence-corrected chi connectivity index (χ1v) is 11.0. The van der Waals surface area contributed by atoms with E-state index in [4.69, 9.17) is 11.5 Å². The van der Waals surface area contributed by atoms with Crippen LogP contribution in [0.3, 0.4) is 0 Å². The quantitative estimate of drug-likeness (QED) is 0.184. The maximum absolute atomic E-state index is 12.3. The molecule has 7 N–H and O–H groups in total. The molecule has 3 aromatic rings. The maximum atomic E-state index is 12.3. The Morgan fingerprint density at radius 2 is 2.23 bits per heavy atom. The van der Waals surface area contributed by atoms with Crippen molar-refractivity contribution in [1.82, 2.24) is 19.9 Å². The van der Waals surface area contributed by atoms with Crippen molar-refractivity contribution in [2.75, 3.05) is 17.6 Å². The van der Waals surface area contributed by atoms with Gasteiger partial charge in [0, 0.05) is 41.3 Å². The van der Waals surface area contributed by atoms with Crippen molar-refractivity contribution in [3.05, 3.63) is 68.3 Å². The highest BCUT2D eigenvalue weighted by Crippen LogP contribution is 2.29. The van der Waals surface area contributed by atoms with Crippen LogP contribution in [0.15, 0.2) is 45.2 Å². The predicted octanol–water partition coefficient (Wildman–Crippen LogP) is 1.13.